The minimum absolute atomic E-state index is 1.09. The maximum Gasteiger partial charge on any atom is 0.0476 e. The minimum Gasteiger partial charge on any atom is -0.355 e. The number of hydrogen-bond acceptors (Lipinski definition) is 3. The van der Waals surface area contributed by atoms with Crippen molar-refractivity contribution in [2.24, 2.45) is 0 Å². The van der Waals surface area contributed by atoms with Crippen LogP contribution in [0.25, 0.3) is 52.5 Å². The Balaban J connectivity index is 1.11. The lowest BCUT2D eigenvalue weighted by atomic mass is 9.94. The first-order chi connectivity index (χ1) is 22.3. The van der Waals surface area contributed by atoms with Gasteiger partial charge in [-0.1, -0.05) is 97.1 Å². The molecule has 0 saturated carbocycles. The Kier molecular flexibility index (Phi) is 6.03. The molecular weight excluding hydrogens is 565 g/mol. The van der Waals surface area contributed by atoms with Crippen LogP contribution in [0.2, 0.25) is 0 Å². The molecule has 1 heterocycles. The summed E-state index contributed by atoms with van der Waals surface area (Å²) in [5, 5.41) is 14.0. The van der Waals surface area contributed by atoms with Crippen LogP contribution in [-0.2, 0) is 0 Å². The molecule has 45 heavy (non-hydrogen) atoms. The number of benzene rings is 8. The molecule has 0 spiro atoms. The number of thiophene rings is 1. The SMILES string of the molecule is c1ccc(N(c2ccccc2)c2ccc3c(c2)sc2ccc(Nc4ccc5c6ccccc6c6ccccc6c5c4)cc23)cc1. The molecular formula is C42H28N2S. The number of nitrogens with one attached hydrogen (secondary N) is 1. The lowest BCUT2D eigenvalue weighted by Gasteiger charge is -2.25. The predicted molar refractivity (Wildman–Crippen MR) is 196 cm³/mol. The predicted octanol–water partition coefficient (Wildman–Crippen LogP) is 12.7. The first kappa shape index (κ1) is 25.8. The fourth-order valence-corrected chi connectivity index (χ4v) is 7.86. The second-order valence-electron chi connectivity index (χ2n) is 11.5. The van der Waals surface area contributed by atoms with Crippen molar-refractivity contribution in [1.82, 2.24) is 0 Å². The van der Waals surface area contributed by atoms with Crippen molar-refractivity contribution in [2.75, 3.05) is 10.2 Å². The molecule has 8 aromatic carbocycles. The largest absolute Gasteiger partial charge is 0.355 e. The molecule has 0 atom stereocenters. The second-order valence-corrected chi connectivity index (χ2v) is 12.6. The third-order valence-corrected chi connectivity index (χ3v) is 9.91. The summed E-state index contributed by atoms with van der Waals surface area (Å²) in [5.41, 5.74) is 5.62. The summed E-state index contributed by atoms with van der Waals surface area (Å²) >= 11 is 1.85. The Bertz CT molecular complexity index is 2440. The Morgan fingerprint density at radius 2 is 0.822 bits per heavy atom. The van der Waals surface area contributed by atoms with Crippen molar-refractivity contribution in [3.8, 4) is 0 Å². The van der Waals surface area contributed by atoms with Crippen LogP contribution in [0, 0.1) is 0 Å². The van der Waals surface area contributed by atoms with E-state index in [0.29, 0.717) is 0 Å². The Labute approximate surface area is 265 Å². The molecule has 0 amide bonds. The summed E-state index contributed by atoms with van der Waals surface area (Å²) in [5.74, 6) is 0. The van der Waals surface area contributed by atoms with Crippen molar-refractivity contribution in [3.63, 3.8) is 0 Å². The molecule has 0 aliphatic rings. The van der Waals surface area contributed by atoms with Crippen LogP contribution in [0.3, 0.4) is 0 Å². The zero-order valence-corrected chi connectivity index (χ0v) is 25.3. The van der Waals surface area contributed by atoms with Gasteiger partial charge < -0.3 is 10.2 Å². The van der Waals surface area contributed by atoms with Crippen molar-refractivity contribution >= 4 is 92.3 Å². The van der Waals surface area contributed by atoms with E-state index in [1.165, 1.54) is 52.5 Å². The van der Waals surface area contributed by atoms with E-state index in [1.54, 1.807) is 0 Å². The quantitative estimate of drug-likeness (QED) is 0.200. The van der Waals surface area contributed by atoms with Gasteiger partial charge in [-0.05, 0) is 99.0 Å². The summed E-state index contributed by atoms with van der Waals surface area (Å²) in [7, 11) is 0. The maximum atomic E-state index is 3.72. The molecule has 0 fully saturated rings. The van der Waals surface area contributed by atoms with E-state index in [9.17, 15) is 0 Å². The highest BCUT2D eigenvalue weighted by Crippen LogP contribution is 2.42. The molecule has 0 aliphatic carbocycles. The van der Waals surface area contributed by atoms with Gasteiger partial charge in [0.05, 0.1) is 0 Å². The van der Waals surface area contributed by atoms with Crippen LogP contribution in [0.5, 0.6) is 0 Å². The highest BCUT2D eigenvalue weighted by Gasteiger charge is 2.15. The molecule has 3 heteroatoms. The molecule has 1 N–H and O–H groups in total. The van der Waals surface area contributed by atoms with Gasteiger partial charge in [-0.25, -0.2) is 0 Å². The van der Waals surface area contributed by atoms with Gasteiger partial charge in [0.1, 0.15) is 0 Å². The average molecular weight is 593 g/mol. The van der Waals surface area contributed by atoms with Crippen molar-refractivity contribution in [1.29, 1.82) is 0 Å². The summed E-state index contributed by atoms with van der Waals surface area (Å²) in [4.78, 5) is 2.32. The van der Waals surface area contributed by atoms with Crippen LogP contribution in [0.15, 0.2) is 164 Å². The minimum atomic E-state index is 1.09. The number of hydrogen-bond donors (Lipinski definition) is 1. The standard InChI is InChI=1S/C42H28N2S/c1-3-11-30(12-4-1)44(31-13-5-2-6-14-31)32-21-23-38-40-26-29(20-24-41(40)45-42(38)27-32)43-28-19-22-37-35-17-8-7-15-33(35)34-16-9-10-18-36(34)39(37)25-28/h1-27,43H. The molecule has 212 valence electrons. The monoisotopic (exact) mass is 592 g/mol. The number of para-hydroxylation sites is 2. The number of anilines is 5. The van der Waals surface area contributed by atoms with E-state index in [-0.39, 0.29) is 0 Å². The van der Waals surface area contributed by atoms with Crippen LogP contribution < -0.4 is 10.2 Å². The van der Waals surface area contributed by atoms with Crippen LogP contribution in [-0.4, -0.2) is 0 Å². The van der Waals surface area contributed by atoms with E-state index in [1.807, 2.05) is 11.3 Å². The Morgan fingerprint density at radius 3 is 1.44 bits per heavy atom. The first-order valence-electron chi connectivity index (χ1n) is 15.3. The molecule has 9 aromatic rings. The number of nitrogens with zero attached hydrogens (tertiary/aromatic N) is 1. The molecule has 0 aliphatic heterocycles. The maximum absolute atomic E-state index is 3.72. The van der Waals surface area contributed by atoms with E-state index in [0.717, 1.165) is 28.4 Å². The lowest BCUT2D eigenvalue weighted by molar-refractivity contribution is 1.29. The van der Waals surface area contributed by atoms with E-state index in [2.05, 4.69) is 174 Å². The third-order valence-electron chi connectivity index (χ3n) is 8.77. The van der Waals surface area contributed by atoms with Gasteiger partial charge in [-0.2, -0.15) is 0 Å². The summed E-state index contributed by atoms with van der Waals surface area (Å²) in [6.07, 6.45) is 0. The summed E-state index contributed by atoms with van der Waals surface area (Å²) in [6, 6.07) is 59.0. The lowest BCUT2D eigenvalue weighted by Crippen LogP contribution is -2.09. The fourth-order valence-electron chi connectivity index (χ4n) is 6.74. The van der Waals surface area contributed by atoms with Crippen LogP contribution >= 0.6 is 11.3 Å². The third kappa shape index (κ3) is 4.40. The molecule has 2 nitrogen and oxygen atoms in total. The van der Waals surface area contributed by atoms with Gasteiger partial charge in [0.2, 0.25) is 0 Å². The van der Waals surface area contributed by atoms with Gasteiger partial charge in [-0.15, -0.1) is 11.3 Å². The number of rotatable bonds is 5. The van der Waals surface area contributed by atoms with Crippen molar-refractivity contribution < 1.29 is 0 Å². The van der Waals surface area contributed by atoms with Gasteiger partial charge in [0, 0.05) is 48.6 Å². The summed E-state index contributed by atoms with van der Waals surface area (Å²) < 4.78 is 2.57. The van der Waals surface area contributed by atoms with Crippen molar-refractivity contribution in [3.05, 3.63) is 164 Å². The van der Waals surface area contributed by atoms with Crippen LogP contribution in [0.4, 0.5) is 28.4 Å². The topological polar surface area (TPSA) is 15.3 Å². The number of fused-ring (bicyclic) bond motifs is 9. The second kappa shape index (κ2) is 10.5. The highest BCUT2D eigenvalue weighted by molar-refractivity contribution is 7.25. The normalized spacial score (nSPS) is 11.6. The van der Waals surface area contributed by atoms with Crippen LogP contribution in [0.1, 0.15) is 0 Å². The smallest absolute Gasteiger partial charge is 0.0476 e. The van der Waals surface area contributed by atoms with Gasteiger partial charge in [0.25, 0.3) is 0 Å². The van der Waals surface area contributed by atoms with Crippen molar-refractivity contribution in [2.45, 2.75) is 0 Å². The molecule has 1 aromatic heterocycles. The summed E-state index contributed by atoms with van der Waals surface area (Å²) in [6.45, 7) is 0. The van der Waals surface area contributed by atoms with Gasteiger partial charge in [0.15, 0.2) is 0 Å². The van der Waals surface area contributed by atoms with Gasteiger partial charge in [-0.3, -0.25) is 0 Å². The van der Waals surface area contributed by atoms with E-state index >= 15 is 0 Å². The zero-order chi connectivity index (χ0) is 29.7. The average Bonchev–Trinajstić information content (AvgIpc) is 3.47. The van der Waals surface area contributed by atoms with Gasteiger partial charge >= 0.3 is 0 Å². The van der Waals surface area contributed by atoms with E-state index in [4.69, 9.17) is 0 Å². The fraction of sp³-hybridized carbons (Fsp3) is 0. The highest BCUT2D eigenvalue weighted by atomic mass is 32.1. The molecule has 9 rings (SSSR count). The molecule has 0 bridgehead atoms. The molecule has 0 unspecified atom stereocenters. The first-order valence-corrected chi connectivity index (χ1v) is 16.1. The Morgan fingerprint density at radius 1 is 0.333 bits per heavy atom. The molecule has 0 radical (unpaired) electrons. The van der Waals surface area contributed by atoms with E-state index < -0.39 is 0 Å². The molecule has 0 saturated heterocycles. The zero-order valence-electron chi connectivity index (χ0n) is 24.4. The Hall–Kier alpha value is -5.64.